The summed E-state index contributed by atoms with van der Waals surface area (Å²) in [6, 6.07) is -0.120. The van der Waals surface area contributed by atoms with E-state index in [-0.39, 0.29) is 18.4 Å². The van der Waals surface area contributed by atoms with Gasteiger partial charge in [-0.15, -0.1) is 0 Å². The second-order valence-corrected chi connectivity index (χ2v) is 4.91. The maximum absolute atomic E-state index is 12.5. The van der Waals surface area contributed by atoms with Gasteiger partial charge in [0.15, 0.2) is 11.6 Å². The van der Waals surface area contributed by atoms with E-state index in [0.717, 1.165) is 19.3 Å². The van der Waals surface area contributed by atoms with Crippen LogP contribution in [-0.2, 0) is 9.57 Å². The van der Waals surface area contributed by atoms with Crippen molar-refractivity contribution >= 4 is 11.6 Å². The minimum absolute atomic E-state index is 0.0590. The van der Waals surface area contributed by atoms with Crippen LogP contribution in [0.2, 0.25) is 0 Å². The van der Waals surface area contributed by atoms with Crippen molar-refractivity contribution in [1.82, 2.24) is 0 Å². The lowest BCUT2D eigenvalue weighted by Crippen LogP contribution is -2.31. The molecular formula is C12H17F3N2O2. The largest absolute Gasteiger partial charge is 0.484 e. The van der Waals surface area contributed by atoms with Gasteiger partial charge in [0, 0.05) is 18.8 Å². The Hall–Kier alpha value is -1.27. The van der Waals surface area contributed by atoms with Crippen LogP contribution in [0.15, 0.2) is 10.1 Å². The van der Waals surface area contributed by atoms with E-state index in [1.165, 1.54) is 0 Å². The lowest BCUT2D eigenvalue weighted by molar-refractivity contribution is -0.0604. The Labute approximate surface area is 109 Å². The molecule has 2 rings (SSSR count). The van der Waals surface area contributed by atoms with Crippen molar-refractivity contribution in [1.29, 1.82) is 0 Å². The predicted octanol–water partition coefficient (Wildman–Crippen LogP) is 2.93. The topological polar surface area (TPSA) is 43.2 Å². The molecule has 0 amide bonds. The molecule has 0 fully saturated rings. The van der Waals surface area contributed by atoms with Gasteiger partial charge in [-0.05, 0) is 19.8 Å². The maximum Gasteiger partial charge on any atom is 0.432 e. The molecule has 2 aliphatic rings. The Morgan fingerprint density at radius 3 is 2.68 bits per heavy atom. The Morgan fingerprint density at radius 2 is 2.11 bits per heavy atom. The molecule has 0 spiro atoms. The third-order valence-electron chi connectivity index (χ3n) is 3.63. The SMILES string of the molecule is COC1=NC(C)C(C2CC(C(F)(F)F)=NO2)CCC1. The molecule has 0 bridgehead atoms. The zero-order chi connectivity index (χ0) is 14.0. The van der Waals surface area contributed by atoms with E-state index in [1.807, 2.05) is 6.92 Å². The highest BCUT2D eigenvalue weighted by Gasteiger charge is 2.44. The maximum atomic E-state index is 12.5. The number of halogens is 3. The van der Waals surface area contributed by atoms with E-state index in [0.29, 0.717) is 5.90 Å². The molecule has 2 heterocycles. The molecule has 0 radical (unpaired) electrons. The molecular weight excluding hydrogens is 261 g/mol. The molecule has 3 atom stereocenters. The highest BCUT2D eigenvalue weighted by atomic mass is 19.4. The normalized spacial score (nSPS) is 32.2. The summed E-state index contributed by atoms with van der Waals surface area (Å²) >= 11 is 0. The zero-order valence-corrected chi connectivity index (χ0v) is 10.9. The van der Waals surface area contributed by atoms with Crippen LogP contribution in [0, 0.1) is 5.92 Å². The van der Waals surface area contributed by atoms with E-state index in [1.54, 1.807) is 7.11 Å². The van der Waals surface area contributed by atoms with Gasteiger partial charge < -0.3 is 9.57 Å². The number of hydrogen-bond acceptors (Lipinski definition) is 4. The molecule has 0 saturated heterocycles. The molecule has 0 aromatic carbocycles. The molecule has 0 aliphatic carbocycles. The monoisotopic (exact) mass is 278 g/mol. The number of nitrogens with zero attached hydrogens (tertiary/aromatic N) is 2. The van der Waals surface area contributed by atoms with Gasteiger partial charge in [0.25, 0.3) is 0 Å². The molecule has 0 aromatic rings. The fourth-order valence-electron chi connectivity index (χ4n) is 2.56. The predicted molar refractivity (Wildman–Crippen MR) is 64.2 cm³/mol. The number of methoxy groups -OCH3 is 1. The Bertz CT molecular complexity index is 393. The number of aliphatic imine (C=N–C) groups is 1. The molecule has 19 heavy (non-hydrogen) atoms. The van der Waals surface area contributed by atoms with Crippen molar-refractivity contribution in [2.24, 2.45) is 16.1 Å². The summed E-state index contributed by atoms with van der Waals surface area (Å²) in [5.41, 5.74) is -0.829. The summed E-state index contributed by atoms with van der Waals surface area (Å²) in [5, 5.41) is 3.18. The number of rotatable bonds is 1. The van der Waals surface area contributed by atoms with Crippen LogP contribution in [0.1, 0.15) is 32.6 Å². The molecule has 2 aliphatic heterocycles. The summed E-state index contributed by atoms with van der Waals surface area (Å²) in [5.74, 6) is 0.598. The Kier molecular flexibility index (Phi) is 4.01. The molecule has 3 unspecified atom stereocenters. The van der Waals surface area contributed by atoms with Crippen molar-refractivity contribution in [2.45, 2.75) is 50.9 Å². The van der Waals surface area contributed by atoms with Gasteiger partial charge in [0.1, 0.15) is 6.10 Å². The fraction of sp³-hybridized carbons (Fsp3) is 0.833. The summed E-state index contributed by atoms with van der Waals surface area (Å²) in [6.07, 6.45) is -2.80. The fourth-order valence-corrected chi connectivity index (χ4v) is 2.56. The van der Waals surface area contributed by atoms with Gasteiger partial charge in [0.2, 0.25) is 0 Å². The van der Waals surface area contributed by atoms with Crippen molar-refractivity contribution in [3.05, 3.63) is 0 Å². The average molecular weight is 278 g/mol. The second-order valence-electron chi connectivity index (χ2n) is 4.91. The van der Waals surface area contributed by atoms with Crippen LogP contribution < -0.4 is 0 Å². The lowest BCUT2D eigenvalue weighted by atomic mass is 9.88. The van der Waals surface area contributed by atoms with Crippen molar-refractivity contribution < 1.29 is 22.7 Å². The summed E-state index contributed by atoms with van der Waals surface area (Å²) < 4.78 is 42.7. The third-order valence-corrected chi connectivity index (χ3v) is 3.63. The van der Waals surface area contributed by atoms with Crippen molar-refractivity contribution in [2.75, 3.05) is 7.11 Å². The van der Waals surface area contributed by atoms with E-state index in [4.69, 9.17) is 9.57 Å². The molecule has 0 N–H and O–H groups in total. The number of ether oxygens (including phenoxy) is 1. The Balaban J connectivity index is 2.02. The number of alkyl halides is 3. The summed E-state index contributed by atoms with van der Waals surface area (Å²) in [7, 11) is 1.56. The quantitative estimate of drug-likeness (QED) is 0.740. The van der Waals surface area contributed by atoms with Crippen molar-refractivity contribution in [3.8, 4) is 0 Å². The number of hydrogen-bond donors (Lipinski definition) is 0. The molecule has 108 valence electrons. The minimum atomic E-state index is -4.40. The first-order chi connectivity index (χ1) is 8.91. The molecule has 4 nitrogen and oxygen atoms in total. The second kappa shape index (κ2) is 5.38. The summed E-state index contributed by atoms with van der Waals surface area (Å²) in [6.45, 7) is 1.88. The van der Waals surface area contributed by atoms with Gasteiger partial charge in [-0.2, -0.15) is 13.2 Å². The minimum Gasteiger partial charge on any atom is -0.484 e. The zero-order valence-electron chi connectivity index (χ0n) is 10.9. The highest BCUT2D eigenvalue weighted by molar-refractivity contribution is 5.90. The number of oxime groups is 1. The standard InChI is InChI=1S/C12H17F3N2O2/c1-7-8(4-3-5-11(16-7)18-2)9-6-10(17-19-9)12(13,14)15/h7-9H,3-6H2,1-2H3. The van der Waals surface area contributed by atoms with Gasteiger partial charge >= 0.3 is 6.18 Å². The Morgan fingerprint density at radius 1 is 1.37 bits per heavy atom. The molecule has 0 aromatic heterocycles. The van der Waals surface area contributed by atoms with E-state index in [2.05, 4.69) is 10.1 Å². The van der Waals surface area contributed by atoms with Crippen LogP contribution in [0.25, 0.3) is 0 Å². The summed E-state index contributed by atoms with van der Waals surface area (Å²) in [4.78, 5) is 9.37. The van der Waals surface area contributed by atoms with E-state index in [9.17, 15) is 13.2 Å². The first-order valence-electron chi connectivity index (χ1n) is 6.32. The van der Waals surface area contributed by atoms with Crippen molar-refractivity contribution in [3.63, 3.8) is 0 Å². The van der Waals surface area contributed by atoms with Crippen LogP contribution >= 0.6 is 0 Å². The van der Waals surface area contributed by atoms with Crippen LogP contribution in [-0.4, -0.2) is 37.0 Å². The third kappa shape index (κ3) is 3.19. The van der Waals surface area contributed by atoms with E-state index < -0.39 is 18.0 Å². The van der Waals surface area contributed by atoms with Gasteiger partial charge in [-0.25, -0.2) is 0 Å². The molecule has 7 heteroatoms. The van der Waals surface area contributed by atoms with Crippen LogP contribution in [0.5, 0.6) is 0 Å². The lowest BCUT2D eigenvalue weighted by Gasteiger charge is -2.23. The van der Waals surface area contributed by atoms with Gasteiger partial charge in [-0.1, -0.05) is 5.16 Å². The first kappa shape index (κ1) is 14.1. The van der Waals surface area contributed by atoms with E-state index >= 15 is 0 Å². The van der Waals surface area contributed by atoms with Gasteiger partial charge in [0.05, 0.1) is 13.2 Å². The van der Waals surface area contributed by atoms with Crippen LogP contribution in [0.4, 0.5) is 13.2 Å². The first-order valence-corrected chi connectivity index (χ1v) is 6.32. The molecule has 0 saturated carbocycles. The van der Waals surface area contributed by atoms with Gasteiger partial charge in [-0.3, -0.25) is 4.99 Å². The smallest absolute Gasteiger partial charge is 0.432 e. The highest BCUT2D eigenvalue weighted by Crippen LogP contribution is 2.33. The van der Waals surface area contributed by atoms with Crippen LogP contribution in [0.3, 0.4) is 0 Å². The average Bonchev–Trinajstić information content (AvgIpc) is 2.74.